The summed E-state index contributed by atoms with van der Waals surface area (Å²) in [5, 5.41) is 0. The Morgan fingerprint density at radius 3 is 2.27 bits per heavy atom. The summed E-state index contributed by atoms with van der Waals surface area (Å²) in [6.45, 7) is 3.04. The highest BCUT2D eigenvalue weighted by Crippen LogP contribution is 2.12. The molecule has 9 nitrogen and oxygen atoms in total. The average molecular weight is 385 g/mol. The molecule has 0 saturated carbocycles. The van der Waals surface area contributed by atoms with Crippen LogP contribution in [0.4, 0.5) is 0 Å². The summed E-state index contributed by atoms with van der Waals surface area (Å²) in [5.41, 5.74) is 0. The predicted molar refractivity (Wildman–Crippen MR) is 92.0 cm³/mol. The van der Waals surface area contributed by atoms with E-state index in [2.05, 4.69) is 0 Å². The van der Waals surface area contributed by atoms with Gasteiger partial charge in [0.25, 0.3) is 5.91 Å². The van der Waals surface area contributed by atoms with E-state index in [-0.39, 0.29) is 29.7 Å². The third-order valence-electron chi connectivity index (χ3n) is 4.59. The van der Waals surface area contributed by atoms with Crippen LogP contribution in [-0.4, -0.2) is 92.6 Å². The number of hydrogen-bond acceptors (Lipinski definition) is 6. The molecule has 0 unspecified atom stereocenters. The van der Waals surface area contributed by atoms with Crippen LogP contribution in [0, 0.1) is 0 Å². The molecular weight excluding hydrogens is 362 g/mol. The van der Waals surface area contributed by atoms with Gasteiger partial charge in [-0.15, -0.1) is 0 Å². The molecule has 0 aromatic carbocycles. The highest BCUT2D eigenvalue weighted by Gasteiger charge is 2.29. The van der Waals surface area contributed by atoms with E-state index >= 15 is 0 Å². The number of carbonyl (C=O) groups is 2. The number of carbonyl (C=O) groups excluding carboxylic acids is 2. The van der Waals surface area contributed by atoms with Crippen molar-refractivity contribution in [1.82, 2.24) is 14.1 Å². The number of hydrogen-bond donors (Lipinski definition) is 0. The van der Waals surface area contributed by atoms with Crippen molar-refractivity contribution in [3.8, 4) is 0 Å². The average Bonchev–Trinajstić information content (AvgIpc) is 3.21. The number of ether oxygens (including phenoxy) is 1. The van der Waals surface area contributed by atoms with Crippen molar-refractivity contribution in [2.45, 2.75) is 6.42 Å². The van der Waals surface area contributed by atoms with Crippen LogP contribution in [0.15, 0.2) is 22.8 Å². The maximum atomic E-state index is 12.3. The summed E-state index contributed by atoms with van der Waals surface area (Å²) < 4.78 is 36.2. The van der Waals surface area contributed by atoms with Gasteiger partial charge in [-0.3, -0.25) is 9.59 Å². The summed E-state index contributed by atoms with van der Waals surface area (Å²) >= 11 is 0. The van der Waals surface area contributed by atoms with Crippen LogP contribution >= 0.6 is 0 Å². The van der Waals surface area contributed by atoms with E-state index in [0.29, 0.717) is 52.5 Å². The number of rotatable bonds is 5. The summed E-state index contributed by atoms with van der Waals surface area (Å²) in [6, 6.07) is 3.26. The highest BCUT2D eigenvalue weighted by molar-refractivity contribution is 7.89. The number of sulfonamides is 1. The molecule has 1 aromatic heterocycles. The Bertz CT molecular complexity index is 719. The minimum absolute atomic E-state index is 0.0498. The molecule has 3 rings (SSSR count). The second-order valence-electron chi connectivity index (χ2n) is 6.23. The third-order valence-corrected chi connectivity index (χ3v) is 6.46. The number of piperazine rings is 1. The molecule has 26 heavy (non-hydrogen) atoms. The molecule has 144 valence electrons. The minimum Gasteiger partial charge on any atom is -0.459 e. The number of amides is 2. The molecule has 10 heteroatoms. The first kappa shape index (κ1) is 18.9. The molecule has 1 aromatic rings. The number of nitrogens with zero attached hydrogens (tertiary/aromatic N) is 3. The lowest BCUT2D eigenvalue weighted by Gasteiger charge is -2.34. The van der Waals surface area contributed by atoms with E-state index in [4.69, 9.17) is 9.15 Å². The van der Waals surface area contributed by atoms with Crippen LogP contribution in [0.5, 0.6) is 0 Å². The molecule has 2 amide bonds. The predicted octanol–water partition coefficient (Wildman–Crippen LogP) is -0.384. The topological polar surface area (TPSA) is 100 Å². The molecule has 0 bridgehead atoms. The lowest BCUT2D eigenvalue weighted by molar-refractivity contribution is -0.132. The molecule has 0 N–H and O–H groups in total. The van der Waals surface area contributed by atoms with Crippen molar-refractivity contribution in [3.05, 3.63) is 24.2 Å². The van der Waals surface area contributed by atoms with E-state index in [1.807, 2.05) is 0 Å². The van der Waals surface area contributed by atoms with Crippen LogP contribution < -0.4 is 0 Å². The van der Waals surface area contributed by atoms with Gasteiger partial charge >= 0.3 is 0 Å². The van der Waals surface area contributed by atoms with Crippen molar-refractivity contribution >= 4 is 21.8 Å². The minimum atomic E-state index is -3.44. The summed E-state index contributed by atoms with van der Waals surface area (Å²) in [5.74, 6) is -0.317. The number of morpholine rings is 1. The van der Waals surface area contributed by atoms with Gasteiger partial charge in [-0.2, -0.15) is 4.31 Å². The van der Waals surface area contributed by atoms with Gasteiger partial charge < -0.3 is 19.0 Å². The van der Waals surface area contributed by atoms with Gasteiger partial charge in [0.15, 0.2) is 5.76 Å². The molecule has 2 aliphatic heterocycles. The fourth-order valence-electron chi connectivity index (χ4n) is 3.04. The van der Waals surface area contributed by atoms with Crippen LogP contribution in [0.3, 0.4) is 0 Å². The fraction of sp³-hybridized carbons (Fsp3) is 0.625. The smallest absolute Gasteiger partial charge is 0.289 e. The third kappa shape index (κ3) is 4.43. The second kappa shape index (κ2) is 8.19. The highest BCUT2D eigenvalue weighted by atomic mass is 32.2. The van der Waals surface area contributed by atoms with E-state index in [1.165, 1.54) is 10.6 Å². The summed E-state index contributed by atoms with van der Waals surface area (Å²) in [7, 11) is -3.44. The largest absolute Gasteiger partial charge is 0.459 e. The summed E-state index contributed by atoms with van der Waals surface area (Å²) in [6.07, 6.45) is 1.40. The Hall–Kier alpha value is -1.91. The lowest BCUT2D eigenvalue weighted by atomic mass is 10.2. The zero-order chi connectivity index (χ0) is 18.6. The molecule has 0 atom stereocenters. The van der Waals surface area contributed by atoms with E-state index < -0.39 is 10.0 Å². The standard InChI is InChI=1S/C16H23N3O6S/c20-15(3-13-26(22,23)19-8-11-24-12-9-19)17-4-6-18(7-5-17)16(21)14-2-1-10-25-14/h1-2,10H,3-9,11-13H2. The monoisotopic (exact) mass is 385 g/mol. The SMILES string of the molecule is O=C(CCS(=O)(=O)N1CCOCC1)N1CCN(C(=O)c2ccco2)CC1. The first-order chi connectivity index (χ1) is 12.5. The molecule has 2 saturated heterocycles. The molecule has 3 heterocycles. The molecule has 2 aliphatic rings. The molecule has 2 fully saturated rings. The molecular formula is C16H23N3O6S. The van der Waals surface area contributed by atoms with Crippen LogP contribution in [0.25, 0.3) is 0 Å². The first-order valence-corrected chi connectivity index (χ1v) is 10.2. The second-order valence-corrected chi connectivity index (χ2v) is 8.32. The van der Waals surface area contributed by atoms with Gasteiger partial charge in [0.1, 0.15) is 0 Å². The Kier molecular flexibility index (Phi) is 5.94. The molecule has 0 radical (unpaired) electrons. The Morgan fingerprint density at radius 1 is 1.00 bits per heavy atom. The van der Waals surface area contributed by atoms with Gasteiger partial charge in [-0.1, -0.05) is 0 Å². The Labute approximate surface area is 152 Å². The Balaban J connectivity index is 1.45. The van der Waals surface area contributed by atoms with Gasteiger partial charge in [-0.25, -0.2) is 8.42 Å². The maximum Gasteiger partial charge on any atom is 0.289 e. The normalized spacial score (nSPS) is 19.5. The van der Waals surface area contributed by atoms with Crippen LogP contribution in [0.2, 0.25) is 0 Å². The Morgan fingerprint density at radius 2 is 1.65 bits per heavy atom. The zero-order valence-corrected chi connectivity index (χ0v) is 15.3. The van der Waals surface area contributed by atoms with Gasteiger partial charge in [0.05, 0.1) is 25.2 Å². The maximum absolute atomic E-state index is 12.3. The lowest BCUT2D eigenvalue weighted by Crippen LogP contribution is -2.51. The molecule has 0 spiro atoms. The van der Waals surface area contributed by atoms with E-state index in [9.17, 15) is 18.0 Å². The quantitative estimate of drug-likeness (QED) is 0.685. The summed E-state index contributed by atoms with van der Waals surface area (Å²) in [4.78, 5) is 27.8. The first-order valence-electron chi connectivity index (χ1n) is 8.63. The van der Waals surface area contributed by atoms with Crippen molar-refractivity contribution in [2.24, 2.45) is 0 Å². The number of furan rings is 1. The van der Waals surface area contributed by atoms with Gasteiger partial charge in [0.2, 0.25) is 15.9 Å². The van der Waals surface area contributed by atoms with Crippen molar-refractivity contribution in [2.75, 3.05) is 58.2 Å². The van der Waals surface area contributed by atoms with Crippen molar-refractivity contribution in [1.29, 1.82) is 0 Å². The van der Waals surface area contributed by atoms with E-state index in [1.54, 1.807) is 21.9 Å². The van der Waals surface area contributed by atoms with Crippen molar-refractivity contribution in [3.63, 3.8) is 0 Å². The van der Waals surface area contributed by atoms with Crippen LogP contribution in [-0.2, 0) is 19.6 Å². The molecule has 0 aliphatic carbocycles. The van der Waals surface area contributed by atoms with Gasteiger partial charge in [0, 0.05) is 45.7 Å². The van der Waals surface area contributed by atoms with Crippen molar-refractivity contribution < 1.29 is 27.2 Å². The van der Waals surface area contributed by atoms with Gasteiger partial charge in [-0.05, 0) is 12.1 Å². The fourth-order valence-corrected chi connectivity index (χ4v) is 4.44. The van der Waals surface area contributed by atoms with Crippen LogP contribution in [0.1, 0.15) is 17.0 Å². The zero-order valence-electron chi connectivity index (χ0n) is 14.5. The van der Waals surface area contributed by atoms with E-state index in [0.717, 1.165) is 0 Å².